The van der Waals surface area contributed by atoms with Crippen LogP contribution in [0.15, 0.2) is 5.38 Å². The molecule has 0 saturated carbocycles. The lowest BCUT2D eigenvalue weighted by Crippen LogP contribution is -2.43. The van der Waals surface area contributed by atoms with Gasteiger partial charge in [0.1, 0.15) is 0 Å². The Morgan fingerprint density at radius 2 is 2.05 bits per heavy atom. The molecule has 1 amide bonds. The van der Waals surface area contributed by atoms with Crippen LogP contribution in [0, 0.1) is 5.41 Å². The van der Waals surface area contributed by atoms with Gasteiger partial charge in [-0.15, -0.1) is 11.3 Å². The zero-order valence-electron chi connectivity index (χ0n) is 12.4. The molecule has 1 fully saturated rings. The van der Waals surface area contributed by atoms with Gasteiger partial charge in [-0.25, -0.2) is 4.98 Å². The summed E-state index contributed by atoms with van der Waals surface area (Å²) in [6, 6.07) is 0. The summed E-state index contributed by atoms with van der Waals surface area (Å²) >= 11 is 1.78. The van der Waals surface area contributed by atoms with Crippen LogP contribution in [0.1, 0.15) is 57.2 Å². The highest BCUT2D eigenvalue weighted by Crippen LogP contribution is 2.31. The van der Waals surface area contributed by atoms with Crippen LogP contribution in [0.25, 0.3) is 0 Å². The van der Waals surface area contributed by atoms with Crippen LogP contribution in [-0.2, 0) is 11.2 Å². The Balaban J connectivity index is 1.94. The van der Waals surface area contributed by atoms with Crippen LogP contribution in [0.5, 0.6) is 0 Å². The van der Waals surface area contributed by atoms with Crippen LogP contribution in [0.2, 0.25) is 0 Å². The summed E-state index contributed by atoms with van der Waals surface area (Å²) in [5.41, 5.74) is 0.942. The summed E-state index contributed by atoms with van der Waals surface area (Å²) in [7, 11) is 0. The van der Waals surface area contributed by atoms with Gasteiger partial charge in [0.25, 0.3) is 0 Å². The molecule has 0 radical (unpaired) electrons. The first-order valence-electron chi connectivity index (χ1n) is 7.15. The smallest absolute Gasteiger partial charge is 0.227 e. The van der Waals surface area contributed by atoms with Crippen molar-refractivity contribution in [1.29, 1.82) is 0 Å². The minimum Gasteiger partial charge on any atom is -0.342 e. The van der Waals surface area contributed by atoms with Gasteiger partial charge >= 0.3 is 0 Å². The molecule has 0 bridgehead atoms. The number of carbonyl (C=O) groups is 1. The highest BCUT2D eigenvalue weighted by molar-refractivity contribution is 7.09. The Bertz CT molecular complexity index is 439. The number of likely N-dealkylation sites (tertiary alicyclic amines) is 1. The van der Waals surface area contributed by atoms with E-state index in [0.29, 0.717) is 5.92 Å². The first-order valence-corrected chi connectivity index (χ1v) is 8.03. The predicted octanol–water partition coefficient (Wildman–Crippen LogP) is 3.46. The molecule has 2 heterocycles. The van der Waals surface area contributed by atoms with E-state index in [1.807, 2.05) is 25.7 Å². The summed E-state index contributed by atoms with van der Waals surface area (Å²) < 4.78 is 0. The average Bonchev–Trinajstić information content (AvgIpc) is 2.86. The third-order valence-electron chi connectivity index (χ3n) is 3.70. The van der Waals surface area contributed by atoms with E-state index in [-0.39, 0.29) is 11.3 Å². The van der Waals surface area contributed by atoms with Crippen molar-refractivity contribution < 1.29 is 4.79 Å². The number of piperidine rings is 1. The molecular weight excluding hydrogens is 256 g/mol. The van der Waals surface area contributed by atoms with Crippen molar-refractivity contribution in [1.82, 2.24) is 9.88 Å². The lowest BCUT2D eigenvalue weighted by Gasteiger charge is -2.35. The second-order valence-corrected chi connectivity index (χ2v) is 7.24. The number of aryl methyl sites for hydroxylation is 1. The summed E-state index contributed by atoms with van der Waals surface area (Å²) in [5, 5.41) is 3.43. The monoisotopic (exact) mass is 280 g/mol. The number of carbonyl (C=O) groups excluding carboxylic acids is 1. The fourth-order valence-corrected chi connectivity index (χ4v) is 3.55. The molecule has 1 saturated heterocycles. The van der Waals surface area contributed by atoms with Crippen molar-refractivity contribution in [3.05, 3.63) is 16.1 Å². The third kappa shape index (κ3) is 3.35. The van der Waals surface area contributed by atoms with E-state index in [9.17, 15) is 4.79 Å². The first-order chi connectivity index (χ1) is 8.91. The van der Waals surface area contributed by atoms with Gasteiger partial charge in [0.15, 0.2) is 0 Å². The largest absolute Gasteiger partial charge is 0.342 e. The Kier molecular flexibility index (Phi) is 4.29. The summed E-state index contributed by atoms with van der Waals surface area (Å²) in [5.74, 6) is 0.827. The Hall–Kier alpha value is -0.900. The quantitative estimate of drug-likeness (QED) is 0.831. The van der Waals surface area contributed by atoms with Gasteiger partial charge in [0.2, 0.25) is 5.91 Å². The van der Waals surface area contributed by atoms with Gasteiger partial charge in [-0.2, -0.15) is 0 Å². The number of rotatable bonds is 2. The van der Waals surface area contributed by atoms with Crippen molar-refractivity contribution >= 4 is 17.2 Å². The maximum Gasteiger partial charge on any atom is 0.227 e. The van der Waals surface area contributed by atoms with Crippen LogP contribution in [-0.4, -0.2) is 28.9 Å². The van der Waals surface area contributed by atoms with Gasteiger partial charge in [-0.3, -0.25) is 4.79 Å². The van der Waals surface area contributed by atoms with Crippen LogP contribution in [0.4, 0.5) is 0 Å². The van der Waals surface area contributed by atoms with Crippen LogP contribution >= 0.6 is 11.3 Å². The van der Waals surface area contributed by atoms with E-state index < -0.39 is 0 Å². The molecular formula is C15H24N2OS. The first kappa shape index (κ1) is 14.5. The Morgan fingerprint density at radius 1 is 1.42 bits per heavy atom. The lowest BCUT2D eigenvalue weighted by atomic mass is 9.91. The molecule has 1 aliphatic heterocycles. The highest BCUT2D eigenvalue weighted by atomic mass is 32.1. The Morgan fingerprint density at radius 3 is 2.53 bits per heavy atom. The molecule has 0 aromatic carbocycles. The predicted molar refractivity (Wildman–Crippen MR) is 79.5 cm³/mol. The number of thiazole rings is 1. The maximum absolute atomic E-state index is 12.2. The zero-order valence-corrected chi connectivity index (χ0v) is 13.2. The standard InChI is InChI=1S/C15H24N2OS/c1-5-12-10-19-13(16-12)11-6-8-17(9-7-11)14(18)15(2,3)4/h10-11H,5-9H2,1-4H3. The van der Waals surface area contributed by atoms with Gasteiger partial charge in [-0.05, 0) is 19.3 Å². The number of amides is 1. The molecule has 19 heavy (non-hydrogen) atoms. The molecule has 1 aromatic heterocycles. The molecule has 106 valence electrons. The van der Waals surface area contributed by atoms with E-state index in [2.05, 4.69) is 17.3 Å². The maximum atomic E-state index is 12.2. The fraction of sp³-hybridized carbons (Fsp3) is 0.733. The molecule has 3 nitrogen and oxygen atoms in total. The molecule has 0 aliphatic carbocycles. The van der Waals surface area contributed by atoms with Gasteiger partial charge < -0.3 is 4.90 Å². The molecule has 0 unspecified atom stereocenters. The van der Waals surface area contributed by atoms with E-state index in [4.69, 9.17) is 0 Å². The molecule has 1 aliphatic rings. The lowest BCUT2D eigenvalue weighted by molar-refractivity contribution is -0.140. The summed E-state index contributed by atoms with van der Waals surface area (Å²) in [6.07, 6.45) is 3.12. The second-order valence-electron chi connectivity index (χ2n) is 6.35. The number of hydrogen-bond donors (Lipinski definition) is 0. The molecule has 2 rings (SSSR count). The highest BCUT2D eigenvalue weighted by Gasteiger charge is 2.31. The molecule has 0 N–H and O–H groups in total. The molecule has 0 atom stereocenters. The summed E-state index contributed by atoms with van der Waals surface area (Å²) in [4.78, 5) is 18.9. The van der Waals surface area contributed by atoms with Crippen molar-refractivity contribution in [2.45, 2.75) is 52.9 Å². The van der Waals surface area contributed by atoms with E-state index in [1.54, 1.807) is 11.3 Å². The Labute approximate surface area is 120 Å². The molecule has 0 spiro atoms. The van der Waals surface area contributed by atoms with Crippen LogP contribution in [0.3, 0.4) is 0 Å². The van der Waals surface area contributed by atoms with E-state index in [0.717, 1.165) is 32.4 Å². The fourth-order valence-electron chi connectivity index (χ4n) is 2.48. The summed E-state index contributed by atoms with van der Waals surface area (Å²) in [6.45, 7) is 9.88. The van der Waals surface area contributed by atoms with Gasteiger partial charge in [0.05, 0.1) is 10.7 Å². The van der Waals surface area contributed by atoms with Crippen molar-refractivity contribution in [2.75, 3.05) is 13.1 Å². The number of hydrogen-bond acceptors (Lipinski definition) is 3. The van der Waals surface area contributed by atoms with Crippen molar-refractivity contribution in [3.63, 3.8) is 0 Å². The van der Waals surface area contributed by atoms with Gasteiger partial charge in [0, 0.05) is 29.8 Å². The van der Waals surface area contributed by atoms with Gasteiger partial charge in [-0.1, -0.05) is 27.7 Å². The second kappa shape index (κ2) is 5.61. The SMILES string of the molecule is CCc1csc(C2CCN(C(=O)C(C)(C)C)CC2)n1. The van der Waals surface area contributed by atoms with E-state index >= 15 is 0 Å². The van der Waals surface area contributed by atoms with E-state index in [1.165, 1.54) is 10.7 Å². The van der Waals surface area contributed by atoms with Crippen molar-refractivity contribution in [3.8, 4) is 0 Å². The van der Waals surface area contributed by atoms with Crippen LogP contribution < -0.4 is 0 Å². The minimum absolute atomic E-state index is 0.261. The average molecular weight is 280 g/mol. The topological polar surface area (TPSA) is 33.2 Å². The third-order valence-corrected chi connectivity index (χ3v) is 4.76. The minimum atomic E-state index is -0.261. The number of aromatic nitrogens is 1. The normalized spacial score (nSPS) is 17.8. The zero-order chi connectivity index (χ0) is 14.0. The molecule has 4 heteroatoms. The van der Waals surface area contributed by atoms with Crippen molar-refractivity contribution in [2.24, 2.45) is 5.41 Å². The number of nitrogens with zero attached hydrogens (tertiary/aromatic N) is 2. The molecule has 1 aromatic rings.